The van der Waals surface area contributed by atoms with Crippen molar-refractivity contribution < 1.29 is 16.0 Å². The monoisotopic (exact) mass is 270 g/mol. The van der Waals surface area contributed by atoms with E-state index in [0.717, 1.165) is 0 Å². The van der Waals surface area contributed by atoms with Crippen LogP contribution in [0.15, 0.2) is 10.5 Å². The van der Waals surface area contributed by atoms with E-state index in [-0.39, 0.29) is 34.0 Å². The number of halogens is 2. The molecule has 0 saturated heterocycles. The molecule has 0 atom stereocenters. The first-order chi connectivity index (χ1) is 2.27. The number of hydrogen-bond acceptors (Lipinski definition) is 0. The Morgan fingerprint density at radius 1 is 1.29 bits per heavy atom. The number of allylic oxidation sites excluding steroid dienone is 1. The summed E-state index contributed by atoms with van der Waals surface area (Å²) in [6, 6.07) is 0. The van der Waals surface area contributed by atoms with Gasteiger partial charge in [-0.05, 0) is 0 Å². The second kappa shape index (κ2) is 10.3. The maximum atomic E-state index is 3.15. The van der Waals surface area contributed by atoms with Gasteiger partial charge in [-0.15, -0.1) is 34.0 Å². The van der Waals surface area contributed by atoms with Crippen molar-refractivity contribution in [1.82, 2.24) is 0 Å². The van der Waals surface area contributed by atoms with Crippen molar-refractivity contribution in [3.63, 3.8) is 0 Å². The van der Waals surface area contributed by atoms with Gasteiger partial charge in [0.1, 0.15) is 0 Å². The molecule has 0 aromatic heterocycles. The molecule has 0 nitrogen and oxygen atoms in total. The molecule has 0 aliphatic carbocycles. The van der Waals surface area contributed by atoms with E-state index in [0.29, 0.717) is 0 Å². The molecule has 0 rings (SSSR count). The number of rotatable bonds is 0. The summed E-state index contributed by atoms with van der Waals surface area (Å²) in [5, 5.41) is 0. The zero-order valence-corrected chi connectivity index (χ0v) is 8.88. The van der Waals surface area contributed by atoms with Gasteiger partial charge in [0.25, 0.3) is 0 Å². The van der Waals surface area contributed by atoms with Crippen molar-refractivity contribution >= 4 is 34.0 Å². The van der Waals surface area contributed by atoms with Crippen molar-refractivity contribution in [3.8, 4) is 0 Å². The minimum absolute atomic E-state index is 0. The van der Waals surface area contributed by atoms with Crippen molar-refractivity contribution in [2.45, 2.75) is 13.8 Å². The van der Waals surface area contributed by atoms with Crippen LogP contribution in [0.25, 0.3) is 0 Å². The molecule has 0 unspecified atom stereocenters. The average molecular weight is 272 g/mol. The Hall–Kier alpha value is 1.22. The summed E-state index contributed by atoms with van der Waals surface area (Å²) in [7, 11) is 0. The zero-order chi connectivity index (χ0) is 4.28. The fraction of sp³-hybridized carbons (Fsp3) is 0.500. The molecule has 0 saturated carbocycles. The standard InChI is InChI=1S/C4H7.2BrH.Mn/c1-4(2)3;;;/h1H,2-3H3;2*1H;. The molecule has 0 amide bonds. The summed E-state index contributed by atoms with van der Waals surface area (Å²) >= 11 is 3.15. The summed E-state index contributed by atoms with van der Waals surface area (Å²) in [6.07, 6.45) is 0. The van der Waals surface area contributed by atoms with E-state index in [9.17, 15) is 0 Å². The van der Waals surface area contributed by atoms with E-state index < -0.39 is 0 Å². The van der Waals surface area contributed by atoms with Gasteiger partial charge in [0.2, 0.25) is 0 Å². The fourth-order valence-electron chi connectivity index (χ4n) is 0. The van der Waals surface area contributed by atoms with Crippen LogP contribution in [0, 0.1) is 0 Å². The number of hydrogen-bond donors (Lipinski definition) is 0. The van der Waals surface area contributed by atoms with Crippen LogP contribution in [0.2, 0.25) is 0 Å². The van der Waals surface area contributed by atoms with Crippen LogP contribution in [0.3, 0.4) is 0 Å². The normalized spacial score (nSPS) is 5.00. The van der Waals surface area contributed by atoms with Gasteiger partial charge in [-0.2, -0.15) is 0 Å². The van der Waals surface area contributed by atoms with Crippen molar-refractivity contribution in [3.05, 3.63) is 10.5 Å². The van der Waals surface area contributed by atoms with Crippen LogP contribution in [0.1, 0.15) is 13.8 Å². The molecule has 46 valence electrons. The van der Waals surface area contributed by atoms with Crippen LogP contribution < -0.4 is 0 Å². The molecule has 0 fully saturated rings. The predicted octanol–water partition coefficient (Wildman–Crippen LogP) is 2.61. The Morgan fingerprint density at radius 2 is 1.43 bits per heavy atom. The van der Waals surface area contributed by atoms with E-state index >= 15 is 0 Å². The summed E-state index contributed by atoms with van der Waals surface area (Å²) in [5.41, 5.74) is 1.30. The Labute approximate surface area is 74.1 Å². The van der Waals surface area contributed by atoms with E-state index in [4.69, 9.17) is 0 Å². The summed E-state index contributed by atoms with van der Waals surface area (Å²) in [6.45, 7) is 4.07. The molecule has 3 heteroatoms. The molecule has 0 aromatic rings. The second-order valence-corrected chi connectivity index (χ2v) is 1.53. The first-order valence-corrected chi connectivity index (χ1v) is 2.19. The Bertz CT molecular complexity index is 47.7. The van der Waals surface area contributed by atoms with Gasteiger partial charge in [-0.25, -0.2) is 0 Å². The van der Waals surface area contributed by atoms with Gasteiger partial charge in [-0.3, -0.25) is 0 Å². The third kappa shape index (κ3) is 19.0. The van der Waals surface area contributed by atoms with Gasteiger partial charge in [-0.1, -0.05) is 0 Å². The molecular weight excluding hydrogens is 263 g/mol. The van der Waals surface area contributed by atoms with Crippen LogP contribution in [0.4, 0.5) is 0 Å². The molecule has 0 bridgehead atoms. The van der Waals surface area contributed by atoms with Crippen LogP contribution in [-0.2, 0) is 16.0 Å². The molecule has 7 heavy (non-hydrogen) atoms. The van der Waals surface area contributed by atoms with Crippen molar-refractivity contribution in [2.24, 2.45) is 0 Å². The van der Waals surface area contributed by atoms with Crippen molar-refractivity contribution in [2.75, 3.05) is 0 Å². The average Bonchev–Trinajstić information content (AvgIpc) is 1.38. The molecule has 0 N–H and O–H groups in total. The SMILES string of the molecule is Br.Br.CC(C)=[CH][Mn]. The topological polar surface area (TPSA) is 0 Å². The van der Waals surface area contributed by atoms with Gasteiger partial charge in [0, 0.05) is 0 Å². The van der Waals surface area contributed by atoms with Gasteiger partial charge in [0.15, 0.2) is 0 Å². The Balaban J connectivity index is -0.0000000800. The molecule has 0 heterocycles. The van der Waals surface area contributed by atoms with Gasteiger partial charge >= 0.3 is 40.4 Å². The third-order valence-corrected chi connectivity index (χ3v) is 0.900. The van der Waals surface area contributed by atoms with Crippen molar-refractivity contribution in [1.29, 1.82) is 0 Å². The van der Waals surface area contributed by atoms with Gasteiger partial charge < -0.3 is 0 Å². The minimum atomic E-state index is 0. The second-order valence-electron chi connectivity index (χ2n) is 1.19. The van der Waals surface area contributed by atoms with Crippen LogP contribution >= 0.6 is 34.0 Å². The molecule has 0 radical (unpaired) electrons. The quantitative estimate of drug-likeness (QED) is 0.594. The van der Waals surface area contributed by atoms with Crippen LogP contribution in [0.5, 0.6) is 0 Å². The summed E-state index contributed by atoms with van der Waals surface area (Å²) < 4.78 is 0. The first-order valence-electron chi connectivity index (χ1n) is 1.51. The fourth-order valence-corrected chi connectivity index (χ4v) is 0. The predicted molar refractivity (Wildman–Crippen MR) is 40.1 cm³/mol. The van der Waals surface area contributed by atoms with E-state index in [1.165, 1.54) is 5.57 Å². The molecule has 0 aliphatic heterocycles. The molecule has 0 aliphatic rings. The van der Waals surface area contributed by atoms with E-state index in [1.54, 1.807) is 0 Å². The van der Waals surface area contributed by atoms with E-state index in [1.807, 2.05) is 18.8 Å². The third-order valence-electron chi connectivity index (χ3n) is 0.218. The van der Waals surface area contributed by atoms with E-state index in [2.05, 4.69) is 16.0 Å². The first kappa shape index (κ1) is 15.7. The molecule has 0 spiro atoms. The molecular formula is C4H9Br2Mn. The molecule has 0 aromatic carbocycles. The zero-order valence-electron chi connectivity index (χ0n) is 4.27. The Kier molecular flexibility index (Phi) is 23.0. The van der Waals surface area contributed by atoms with Gasteiger partial charge in [0.05, 0.1) is 0 Å². The maximum absolute atomic E-state index is 3.15. The summed E-state index contributed by atoms with van der Waals surface area (Å²) in [5.74, 6) is 0. The Morgan fingerprint density at radius 3 is 1.43 bits per heavy atom. The summed E-state index contributed by atoms with van der Waals surface area (Å²) in [4.78, 5) is 1.90. The van der Waals surface area contributed by atoms with Crippen LogP contribution in [-0.4, -0.2) is 0 Å².